The summed E-state index contributed by atoms with van der Waals surface area (Å²) < 4.78 is 17.2. The minimum Gasteiger partial charge on any atom is -0.477 e. The van der Waals surface area contributed by atoms with Crippen LogP contribution in [0.25, 0.3) is 0 Å². The fourth-order valence-electron chi connectivity index (χ4n) is 6.13. The summed E-state index contributed by atoms with van der Waals surface area (Å²) >= 11 is 0. The van der Waals surface area contributed by atoms with Crippen molar-refractivity contribution in [2.45, 2.75) is 148 Å². The number of quaternary nitrogens is 1. The Morgan fingerprint density at radius 2 is 0.879 bits per heavy atom. The van der Waals surface area contributed by atoms with Crippen LogP contribution in [0.1, 0.15) is 136 Å². The van der Waals surface area contributed by atoms with E-state index < -0.39 is 18.1 Å². The number of carboxylic acids is 1. The van der Waals surface area contributed by atoms with Gasteiger partial charge in [-0.1, -0.05) is 191 Å². The maximum Gasteiger partial charge on any atom is 0.362 e. The minimum absolute atomic E-state index is 0.0221. The van der Waals surface area contributed by atoms with E-state index in [0.29, 0.717) is 19.3 Å². The van der Waals surface area contributed by atoms with E-state index in [9.17, 15) is 19.5 Å². The van der Waals surface area contributed by atoms with Gasteiger partial charge in [0.1, 0.15) is 6.61 Å². The van der Waals surface area contributed by atoms with Gasteiger partial charge in [0.25, 0.3) is 0 Å². The minimum atomic E-state index is -0.895. The van der Waals surface area contributed by atoms with E-state index in [0.717, 1.165) is 89.9 Å². The second-order valence-electron chi connectivity index (χ2n) is 16.8. The summed E-state index contributed by atoms with van der Waals surface area (Å²) in [4.78, 5) is 37.1. The Morgan fingerprint density at radius 1 is 0.470 bits per heavy atom. The SMILES string of the molecule is CC/C=C/C=C/C=C/C=C/C=C/C=C/C=C/CCCCCC(=O)OCC(COCCC(C(=O)O)[N+](C)(C)C)OC(=O)CCCCCC/C=C/C/C=C/C/C=C/C/C=C/C/C=C/C/C=C/CC. The number of allylic oxidation sites excluding steroid dienone is 26. The molecule has 2 unspecified atom stereocenters. The highest BCUT2D eigenvalue weighted by atomic mass is 16.6. The molecule has 0 heterocycles. The molecule has 0 aromatic heterocycles. The van der Waals surface area contributed by atoms with Gasteiger partial charge >= 0.3 is 17.9 Å². The van der Waals surface area contributed by atoms with E-state index in [4.69, 9.17) is 14.2 Å². The van der Waals surface area contributed by atoms with E-state index >= 15 is 0 Å². The second-order valence-corrected chi connectivity index (χ2v) is 16.8. The largest absolute Gasteiger partial charge is 0.477 e. The van der Waals surface area contributed by atoms with Gasteiger partial charge in [0, 0.05) is 19.3 Å². The van der Waals surface area contributed by atoms with Gasteiger partial charge in [0.15, 0.2) is 12.1 Å². The zero-order chi connectivity index (χ0) is 48.4. The highest BCUT2D eigenvalue weighted by Gasteiger charge is 2.31. The average Bonchev–Trinajstić information content (AvgIpc) is 3.28. The predicted molar refractivity (Wildman–Crippen MR) is 279 cm³/mol. The van der Waals surface area contributed by atoms with Crippen molar-refractivity contribution in [1.29, 1.82) is 0 Å². The molecule has 8 heteroatoms. The predicted octanol–water partition coefficient (Wildman–Crippen LogP) is 14.3. The van der Waals surface area contributed by atoms with Crippen molar-refractivity contribution in [3.63, 3.8) is 0 Å². The number of rotatable bonds is 41. The molecule has 0 aromatic carbocycles. The van der Waals surface area contributed by atoms with E-state index in [1.165, 1.54) is 0 Å². The summed E-state index contributed by atoms with van der Waals surface area (Å²) in [6.07, 6.45) is 70.0. The van der Waals surface area contributed by atoms with Crippen molar-refractivity contribution < 1.29 is 38.2 Å². The quantitative estimate of drug-likeness (QED) is 0.0214. The first kappa shape index (κ1) is 60.9. The molecule has 0 saturated carbocycles. The van der Waals surface area contributed by atoms with Crippen molar-refractivity contribution in [1.82, 2.24) is 0 Å². The molecule has 0 aliphatic carbocycles. The van der Waals surface area contributed by atoms with Crippen LogP contribution in [0.15, 0.2) is 158 Å². The lowest BCUT2D eigenvalue weighted by Gasteiger charge is -2.31. The number of unbranched alkanes of at least 4 members (excludes halogenated alkanes) is 7. The smallest absolute Gasteiger partial charge is 0.362 e. The fraction of sp³-hybridized carbons (Fsp3) is 0.500. The molecule has 1 N–H and O–H groups in total. The first-order valence-corrected chi connectivity index (χ1v) is 24.6. The number of nitrogens with zero attached hydrogens (tertiary/aromatic N) is 1. The molecule has 0 saturated heterocycles. The summed E-state index contributed by atoms with van der Waals surface area (Å²) in [5.74, 6) is -1.59. The molecule has 0 fully saturated rings. The van der Waals surface area contributed by atoms with Crippen molar-refractivity contribution >= 4 is 17.9 Å². The van der Waals surface area contributed by atoms with Crippen LogP contribution < -0.4 is 0 Å². The Bertz CT molecular complexity index is 1620. The van der Waals surface area contributed by atoms with Gasteiger partial charge in [-0.25, -0.2) is 4.79 Å². The summed E-state index contributed by atoms with van der Waals surface area (Å²) in [6.45, 7) is 4.36. The van der Waals surface area contributed by atoms with Crippen LogP contribution in [0.3, 0.4) is 0 Å². The monoisotopic (exact) mass is 911 g/mol. The highest BCUT2D eigenvalue weighted by Crippen LogP contribution is 2.12. The van der Waals surface area contributed by atoms with Crippen LogP contribution in [0.2, 0.25) is 0 Å². The number of hydrogen-bond donors (Lipinski definition) is 1. The average molecular weight is 911 g/mol. The van der Waals surface area contributed by atoms with Crippen LogP contribution in [-0.4, -0.2) is 80.6 Å². The number of aliphatic carboxylic acids is 1. The normalized spacial score (nSPS) is 14.3. The third kappa shape index (κ3) is 44.2. The van der Waals surface area contributed by atoms with E-state index in [1.54, 1.807) is 0 Å². The highest BCUT2D eigenvalue weighted by molar-refractivity contribution is 5.72. The Morgan fingerprint density at radius 3 is 1.36 bits per heavy atom. The van der Waals surface area contributed by atoms with Gasteiger partial charge < -0.3 is 23.8 Å². The molecule has 0 aliphatic rings. The zero-order valence-electron chi connectivity index (χ0n) is 41.6. The molecule has 2 atom stereocenters. The third-order valence-electron chi connectivity index (χ3n) is 9.87. The number of carboxylic acid groups (broad SMARTS) is 1. The molecular formula is C58H88NO7+. The van der Waals surface area contributed by atoms with Gasteiger partial charge in [-0.05, 0) is 83.5 Å². The molecule has 0 aliphatic heterocycles. The molecule has 8 nitrogen and oxygen atoms in total. The molecule has 66 heavy (non-hydrogen) atoms. The van der Waals surface area contributed by atoms with Crippen LogP contribution in [-0.2, 0) is 28.6 Å². The first-order valence-electron chi connectivity index (χ1n) is 24.6. The Hall–Kier alpha value is -5.05. The summed E-state index contributed by atoms with van der Waals surface area (Å²) in [5, 5.41) is 9.65. The van der Waals surface area contributed by atoms with Gasteiger partial charge in [-0.2, -0.15) is 0 Å². The van der Waals surface area contributed by atoms with Gasteiger partial charge in [-0.15, -0.1) is 0 Å². The lowest BCUT2D eigenvalue weighted by molar-refractivity contribution is -0.887. The number of carbonyl (C=O) groups excluding carboxylic acids is 2. The van der Waals surface area contributed by atoms with Gasteiger partial charge in [0.05, 0.1) is 34.4 Å². The molecule has 0 bridgehead atoms. The maximum absolute atomic E-state index is 12.8. The number of likely N-dealkylation sites (N-methyl/N-ethyl adjacent to an activating group) is 1. The van der Waals surface area contributed by atoms with Crippen molar-refractivity contribution in [3.05, 3.63) is 158 Å². The summed E-state index contributed by atoms with van der Waals surface area (Å²) in [7, 11) is 5.49. The van der Waals surface area contributed by atoms with E-state index in [1.807, 2.05) is 94.1 Å². The maximum atomic E-state index is 12.8. The molecule has 0 rings (SSSR count). The summed E-state index contributed by atoms with van der Waals surface area (Å²) in [6, 6.07) is -0.640. The van der Waals surface area contributed by atoms with E-state index in [-0.39, 0.29) is 49.1 Å². The van der Waals surface area contributed by atoms with Gasteiger partial charge in [0.2, 0.25) is 0 Å². The zero-order valence-corrected chi connectivity index (χ0v) is 41.6. The van der Waals surface area contributed by atoms with Crippen molar-refractivity contribution in [2.75, 3.05) is 41.0 Å². The molecule has 366 valence electrons. The number of carbonyl (C=O) groups is 3. The molecule has 0 radical (unpaired) electrons. The van der Waals surface area contributed by atoms with E-state index in [2.05, 4.69) is 98.9 Å². The number of ether oxygens (including phenoxy) is 3. The number of hydrogen-bond acceptors (Lipinski definition) is 6. The number of esters is 2. The van der Waals surface area contributed by atoms with Crippen LogP contribution >= 0.6 is 0 Å². The molecule has 0 aromatic rings. The Kier molecular flexibility index (Phi) is 42.9. The molecule has 0 spiro atoms. The van der Waals surface area contributed by atoms with Crippen molar-refractivity contribution in [3.8, 4) is 0 Å². The van der Waals surface area contributed by atoms with Crippen LogP contribution in [0.4, 0.5) is 0 Å². The van der Waals surface area contributed by atoms with Crippen LogP contribution in [0.5, 0.6) is 0 Å². The molecule has 0 amide bonds. The fourth-order valence-corrected chi connectivity index (χ4v) is 6.13. The lowest BCUT2D eigenvalue weighted by Crippen LogP contribution is -2.50. The van der Waals surface area contributed by atoms with Gasteiger partial charge in [-0.3, -0.25) is 9.59 Å². The second kappa shape index (κ2) is 46.5. The first-order chi connectivity index (χ1) is 32.1. The summed E-state index contributed by atoms with van der Waals surface area (Å²) in [5.41, 5.74) is 0. The third-order valence-corrected chi connectivity index (χ3v) is 9.87. The lowest BCUT2D eigenvalue weighted by atomic mass is 10.1. The Labute approximate surface area is 401 Å². The topological polar surface area (TPSA) is 99.1 Å². The Balaban J connectivity index is 4.48. The molecular weight excluding hydrogens is 823 g/mol. The van der Waals surface area contributed by atoms with Crippen LogP contribution in [0, 0.1) is 0 Å². The van der Waals surface area contributed by atoms with Crippen molar-refractivity contribution in [2.24, 2.45) is 0 Å². The standard InChI is InChI=1S/C58H87NO7/c1-6-8-10-12-14-16-18-20-22-24-26-27-28-29-31-33-35-37-39-41-43-45-47-49-57(61)66-54(52-64-51-50-55(58(62)63)59(3,4)5)53-65-56(60)48-46-44-42-40-38-36-34-32-30-25-23-21-19-17-15-13-11-9-7-2/h8-11,13-17,19-23,25-27,29-32,34-38,54-55H,6-7,12,18,24,28,33,39-53H2,1-5H3/p+1/b10-8+,11-9+,15-13+,16-14+,19-17+,22-20+,23-21+,27-26+,30-25+,31-29+,34-32+,37-35+,38-36+.